The van der Waals surface area contributed by atoms with Gasteiger partial charge in [0.25, 0.3) is 5.91 Å². The van der Waals surface area contributed by atoms with E-state index in [4.69, 9.17) is 0 Å². The second-order valence-corrected chi connectivity index (χ2v) is 6.46. The summed E-state index contributed by atoms with van der Waals surface area (Å²) in [7, 11) is 0. The van der Waals surface area contributed by atoms with Crippen molar-refractivity contribution >= 4 is 17.5 Å². The molecule has 0 radical (unpaired) electrons. The molecule has 0 atom stereocenters. The fraction of sp³-hybridized carbons (Fsp3) is 0.529. The number of carbonyl (C=O) groups is 2. The average Bonchev–Trinajstić information content (AvgIpc) is 2.96. The second-order valence-electron chi connectivity index (χ2n) is 6.46. The summed E-state index contributed by atoms with van der Waals surface area (Å²) < 4.78 is 27.9. The average molecular weight is 338 g/mol. The maximum absolute atomic E-state index is 14.0. The van der Waals surface area contributed by atoms with Crippen molar-refractivity contribution in [3.8, 4) is 0 Å². The SMILES string of the molecule is O=C1CCCN1c1ccc(CNC(=O)C(F)(F)C2(O)CCC2)cc1. The van der Waals surface area contributed by atoms with E-state index in [2.05, 4.69) is 5.32 Å². The fourth-order valence-corrected chi connectivity index (χ4v) is 3.05. The minimum Gasteiger partial charge on any atom is -0.383 e. The number of amides is 2. The summed E-state index contributed by atoms with van der Waals surface area (Å²) in [6.07, 6.45) is 1.73. The molecule has 1 aliphatic heterocycles. The molecule has 1 saturated heterocycles. The van der Waals surface area contributed by atoms with Crippen molar-refractivity contribution in [2.45, 2.75) is 50.2 Å². The molecule has 2 amide bonds. The highest BCUT2D eigenvalue weighted by atomic mass is 19.3. The van der Waals surface area contributed by atoms with Gasteiger partial charge >= 0.3 is 5.92 Å². The van der Waals surface area contributed by atoms with E-state index in [1.807, 2.05) is 0 Å². The van der Waals surface area contributed by atoms with Crippen LogP contribution in [0.2, 0.25) is 0 Å². The fourth-order valence-electron chi connectivity index (χ4n) is 3.05. The van der Waals surface area contributed by atoms with Gasteiger partial charge in [-0.15, -0.1) is 0 Å². The Balaban J connectivity index is 1.58. The number of alkyl halides is 2. The van der Waals surface area contributed by atoms with Gasteiger partial charge in [0, 0.05) is 25.2 Å². The zero-order chi connectivity index (χ0) is 17.4. The zero-order valence-electron chi connectivity index (χ0n) is 13.2. The molecule has 24 heavy (non-hydrogen) atoms. The topological polar surface area (TPSA) is 69.6 Å². The van der Waals surface area contributed by atoms with Crippen molar-refractivity contribution < 1.29 is 23.5 Å². The number of rotatable bonds is 5. The molecule has 1 aromatic rings. The van der Waals surface area contributed by atoms with Gasteiger partial charge < -0.3 is 15.3 Å². The van der Waals surface area contributed by atoms with E-state index in [9.17, 15) is 23.5 Å². The largest absolute Gasteiger partial charge is 0.383 e. The van der Waals surface area contributed by atoms with Crippen LogP contribution in [0.15, 0.2) is 24.3 Å². The molecule has 130 valence electrons. The van der Waals surface area contributed by atoms with Crippen molar-refractivity contribution in [2.24, 2.45) is 0 Å². The maximum Gasteiger partial charge on any atom is 0.352 e. The number of halogens is 2. The molecule has 3 rings (SSSR count). The van der Waals surface area contributed by atoms with E-state index in [1.165, 1.54) is 0 Å². The van der Waals surface area contributed by atoms with Crippen LogP contribution in [0.25, 0.3) is 0 Å². The highest BCUT2D eigenvalue weighted by molar-refractivity contribution is 5.95. The van der Waals surface area contributed by atoms with Gasteiger partial charge in [0.15, 0.2) is 0 Å². The Labute approximate surface area is 138 Å². The first-order valence-corrected chi connectivity index (χ1v) is 8.11. The predicted octanol–water partition coefficient (Wildman–Crippen LogP) is 1.98. The third-order valence-corrected chi connectivity index (χ3v) is 4.82. The zero-order valence-corrected chi connectivity index (χ0v) is 13.2. The number of nitrogens with one attached hydrogen (secondary N) is 1. The van der Waals surface area contributed by atoms with Gasteiger partial charge in [-0.1, -0.05) is 12.1 Å². The van der Waals surface area contributed by atoms with Crippen molar-refractivity contribution in [3.05, 3.63) is 29.8 Å². The highest BCUT2D eigenvalue weighted by Gasteiger charge is 2.61. The van der Waals surface area contributed by atoms with Gasteiger partial charge in [-0.3, -0.25) is 9.59 Å². The summed E-state index contributed by atoms with van der Waals surface area (Å²) in [5, 5.41) is 11.9. The normalized spacial score (nSPS) is 20.0. The van der Waals surface area contributed by atoms with Crippen LogP contribution in [0.1, 0.15) is 37.7 Å². The third kappa shape index (κ3) is 2.88. The number of aliphatic hydroxyl groups is 1. The minimum atomic E-state index is -3.78. The Morgan fingerprint density at radius 3 is 2.42 bits per heavy atom. The first-order chi connectivity index (χ1) is 11.3. The Kier molecular flexibility index (Phi) is 4.29. The first-order valence-electron chi connectivity index (χ1n) is 8.11. The molecule has 0 bridgehead atoms. The molecule has 1 aromatic carbocycles. The quantitative estimate of drug-likeness (QED) is 0.862. The molecular formula is C17H20F2N2O3. The van der Waals surface area contributed by atoms with Crippen LogP contribution in [-0.2, 0) is 16.1 Å². The van der Waals surface area contributed by atoms with E-state index < -0.39 is 17.4 Å². The van der Waals surface area contributed by atoms with E-state index in [1.54, 1.807) is 29.2 Å². The summed E-state index contributed by atoms with van der Waals surface area (Å²) in [4.78, 5) is 25.1. The van der Waals surface area contributed by atoms with Gasteiger partial charge in [-0.2, -0.15) is 8.78 Å². The van der Waals surface area contributed by atoms with Crippen LogP contribution in [0.5, 0.6) is 0 Å². The van der Waals surface area contributed by atoms with Crippen LogP contribution in [0, 0.1) is 0 Å². The lowest BCUT2D eigenvalue weighted by atomic mass is 9.75. The molecule has 0 unspecified atom stereocenters. The summed E-state index contributed by atoms with van der Waals surface area (Å²) >= 11 is 0. The minimum absolute atomic E-state index is 0.0568. The Hall–Kier alpha value is -2.02. The van der Waals surface area contributed by atoms with Gasteiger partial charge in [0.2, 0.25) is 5.91 Å². The van der Waals surface area contributed by atoms with Crippen LogP contribution >= 0.6 is 0 Å². The van der Waals surface area contributed by atoms with Crippen LogP contribution < -0.4 is 10.2 Å². The van der Waals surface area contributed by atoms with E-state index >= 15 is 0 Å². The summed E-state index contributed by atoms with van der Waals surface area (Å²) in [5.41, 5.74) is -0.798. The lowest BCUT2D eigenvalue weighted by Gasteiger charge is -2.41. The summed E-state index contributed by atoms with van der Waals surface area (Å²) in [5.74, 6) is -5.17. The number of carbonyl (C=O) groups excluding carboxylic acids is 2. The maximum atomic E-state index is 14.0. The van der Waals surface area contributed by atoms with E-state index in [0.717, 1.165) is 12.1 Å². The Morgan fingerprint density at radius 1 is 1.25 bits per heavy atom. The Bertz CT molecular complexity index is 642. The lowest BCUT2D eigenvalue weighted by Crippen LogP contribution is -2.60. The van der Waals surface area contributed by atoms with Gasteiger partial charge in [0.1, 0.15) is 5.60 Å². The van der Waals surface area contributed by atoms with E-state index in [-0.39, 0.29) is 25.3 Å². The second kappa shape index (κ2) is 6.12. The van der Waals surface area contributed by atoms with Crippen LogP contribution in [-0.4, -0.2) is 35.0 Å². The highest BCUT2D eigenvalue weighted by Crippen LogP contribution is 2.44. The first kappa shape index (κ1) is 16.8. The number of hydrogen-bond acceptors (Lipinski definition) is 3. The number of benzene rings is 1. The van der Waals surface area contributed by atoms with Crippen molar-refractivity contribution in [1.82, 2.24) is 5.32 Å². The molecule has 7 heteroatoms. The molecule has 1 aliphatic carbocycles. The molecule has 0 spiro atoms. The molecule has 5 nitrogen and oxygen atoms in total. The smallest absolute Gasteiger partial charge is 0.352 e. The monoisotopic (exact) mass is 338 g/mol. The molecule has 0 aromatic heterocycles. The summed E-state index contributed by atoms with van der Waals surface area (Å²) in [6, 6.07) is 6.86. The molecule has 1 saturated carbocycles. The van der Waals surface area contributed by atoms with Crippen LogP contribution in [0.4, 0.5) is 14.5 Å². The predicted molar refractivity (Wildman–Crippen MR) is 83.6 cm³/mol. The molecule has 2 aliphatic rings. The number of anilines is 1. The summed E-state index contributed by atoms with van der Waals surface area (Å²) in [6.45, 7) is 0.623. The van der Waals surface area contributed by atoms with Crippen molar-refractivity contribution in [3.63, 3.8) is 0 Å². The lowest BCUT2D eigenvalue weighted by molar-refractivity contribution is -0.216. The van der Waals surface area contributed by atoms with Crippen molar-refractivity contribution in [2.75, 3.05) is 11.4 Å². The van der Waals surface area contributed by atoms with E-state index in [0.29, 0.717) is 24.9 Å². The van der Waals surface area contributed by atoms with Crippen molar-refractivity contribution in [1.29, 1.82) is 0 Å². The van der Waals surface area contributed by atoms with Crippen LogP contribution in [0.3, 0.4) is 0 Å². The standard InChI is InChI=1S/C17H20F2N2O3/c18-17(19,16(24)8-2-9-16)15(23)20-11-12-4-6-13(7-5-12)21-10-1-3-14(21)22/h4-7,24H,1-3,8-11H2,(H,20,23). The molecular weight excluding hydrogens is 318 g/mol. The van der Waals surface area contributed by atoms with Gasteiger partial charge in [-0.05, 0) is 43.4 Å². The molecule has 2 fully saturated rings. The number of nitrogens with zero attached hydrogens (tertiary/aromatic N) is 1. The van der Waals surface area contributed by atoms with Gasteiger partial charge in [-0.25, -0.2) is 0 Å². The molecule has 2 N–H and O–H groups in total. The Morgan fingerprint density at radius 2 is 1.92 bits per heavy atom. The molecule has 1 heterocycles. The number of hydrogen-bond donors (Lipinski definition) is 2. The third-order valence-electron chi connectivity index (χ3n) is 4.82. The van der Waals surface area contributed by atoms with Gasteiger partial charge in [0.05, 0.1) is 0 Å².